The molecule has 0 saturated heterocycles. The molecule has 116 valence electrons. The van der Waals surface area contributed by atoms with Gasteiger partial charge < -0.3 is 15.8 Å². The second-order valence-electron chi connectivity index (χ2n) is 5.66. The van der Waals surface area contributed by atoms with Gasteiger partial charge in [-0.1, -0.05) is 31.4 Å². The Morgan fingerprint density at radius 3 is 2.81 bits per heavy atom. The number of rotatable bonds is 4. The van der Waals surface area contributed by atoms with Crippen LogP contribution in [0.4, 0.5) is 11.4 Å². The number of nitrogens with one attached hydrogen (secondary N) is 1. The van der Waals surface area contributed by atoms with E-state index in [0.717, 1.165) is 6.42 Å². The number of anilines is 2. The number of esters is 1. The molecule has 0 bridgehead atoms. The average Bonchev–Trinajstić information content (AvgIpc) is 2.43. The molecule has 1 fully saturated rings. The molecule has 0 amide bonds. The first kappa shape index (κ1) is 16.0. The van der Waals surface area contributed by atoms with Crippen LogP contribution in [0.2, 0.25) is 5.02 Å². The lowest BCUT2D eigenvalue weighted by molar-refractivity contribution is 0.0527. The summed E-state index contributed by atoms with van der Waals surface area (Å²) in [5.41, 5.74) is 7.32. The largest absolute Gasteiger partial charge is 0.462 e. The smallest absolute Gasteiger partial charge is 0.340 e. The van der Waals surface area contributed by atoms with Crippen molar-refractivity contribution in [2.24, 2.45) is 5.92 Å². The number of ether oxygens (including phenoxy) is 1. The Bertz CT molecular complexity index is 519. The van der Waals surface area contributed by atoms with Gasteiger partial charge in [-0.25, -0.2) is 4.79 Å². The first-order chi connectivity index (χ1) is 10.0. The zero-order valence-corrected chi connectivity index (χ0v) is 13.4. The normalized spacial score (nSPS) is 21.9. The van der Waals surface area contributed by atoms with E-state index in [0.29, 0.717) is 40.5 Å². The molecule has 0 aromatic heterocycles. The molecule has 3 N–H and O–H groups in total. The molecule has 2 unspecified atom stereocenters. The van der Waals surface area contributed by atoms with E-state index in [1.54, 1.807) is 19.1 Å². The van der Waals surface area contributed by atoms with Crippen LogP contribution >= 0.6 is 11.6 Å². The Hall–Kier alpha value is -1.42. The molecule has 1 aliphatic rings. The molecule has 0 spiro atoms. The third-order valence-electron chi connectivity index (χ3n) is 4.05. The Balaban J connectivity index is 2.30. The van der Waals surface area contributed by atoms with Crippen LogP contribution in [0.5, 0.6) is 0 Å². The van der Waals surface area contributed by atoms with Crippen LogP contribution in [0.3, 0.4) is 0 Å². The maximum absolute atomic E-state index is 12.1. The molecule has 2 rings (SSSR count). The Kier molecular flexibility index (Phi) is 5.34. The van der Waals surface area contributed by atoms with Crippen molar-refractivity contribution in [3.8, 4) is 0 Å². The molecule has 1 aromatic rings. The molecule has 4 nitrogen and oxygen atoms in total. The third kappa shape index (κ3) is 3.82. The lowest BCUT2D eigenvalue weighted by atomic mass is 9.85. The van der Waals surface area contributed by atoms with Crippen molar-refractivity contribution in [2.75, 3.05) is 17.7 Å². The SMILES string of the molecule is CCOC(=O)c1cc(N)cc(Cl)c1NC1CCCCC1C. The highest BCUT2D eigenvalue weighted by Gasteiger charge is 2.24. The lowest BCUT2D eigenvalue weighted by Gasteiger charge is -2.31. The van der Waals surface area contributed by atoms with Gasteiger partial charge in [0, 0.05) is 11.7 Å². The zero-order chi connectivity index (χ0) is 15.4. The van der Waals surface area contributed by atoms with Gasteiger partial charge in [0.05, 0.1) is 22.9 Å². The van der Waals surface area contributed by atoms with Gasteiger partial charge in [0.2, 0.25) is 0 Å². The van der Waals surface area contributed by atoms with Gasteiger partial charge in [-0.3, -0.25) is 0 Å². The number of halogens is 1. The van der Waals surface area contributed by atoms with E-state index in [1.807, 2.05) is 0 Å². The Morgan fingerprint density at radius 2 is 2.14 bits per heavy atom. The minimum atomic E-state index is -0.391. The van der Waals surface area contributed by atoms with Gasteiger partial charge in [-0.2, -0.15) is 0 Å². The van der Waals surface area contributed by atoms with Crippen LogP contribution in [0, 0.1) is 5.92 Å². The Labute approximate surface area is 131 Å². The molecular weight excluding hydrogens is 288 g/mol. The van der Waals surface area contributed by atoms with E-state index in [9.17, 15) is 4.79 Å². The number of hydrogen-bond donors (Lipinski definition) is 2. The average molecular weight is 311 g/mol. The van der Waals surface area contributed by atoms with Crippen molar-refractivity contribution in [1.29, 1.82) is 0 Å². The molecule has 5 heteroatoms. The topological polar surface area (TPSA) is 64.3 Å². The van der Waals surface area contributed by atoms with Crippen LogP contribution in [0.1, 0.15) is 49.9 Å². The van der Waals surface area contributed by atoms with Crippen LogP contribution in [0.15, 0.2) is 12.1 Å². The molecule has 0 heterocycles. The summed E-state index contributed by atoms with van der Waals surface area (Å²) in [5.74, 6) is 0.167. The molecule has 0 aliphatic heterocycles. The molecule has 0 radical (unpaired) electrons. The van der Waals surface area contributed by atoms with Gasteiger partial charge in [0.1, 0.15) is 0 Å². The minimum Gasteiger partial charge on any atom is -0.462 e. The number of nitrogen functional groups attached to an aromatic ring is 1. The number of benzene rings is 1. The van der Waals surface area contributed by atoms with Gasteiger partial charge in [0.15, 0.2) is 0 Å². The number of carbonyl (C=O) groups excluding carboxylic acids is 1. The fourth-order valence-corrected chi connectivity index (χ4v) is 3.14. The van der Waals surface area contributed by atoms with Gasteiger partial charge in [0.25, 0.3) is 0 Å². The van der Waals surface area contributed by atoms with Crippen molar-refractivity contribution in [2.45, 2.75) is 45.6 Å². The zero-order valence-electron chi connectivity index (χ0n) is 12.6. The predicted molar refractivity (Wildman–Crippen MR) is 86.9 cm³/mol. The summed E-state index contributed by atoms with van der Waals surface area (Å²) in [6, 6.07) is 3.62. The fourth-order valence-electron chi connectivity index (χ4n) is 2.86. The summed E-state index contributed by atoms with van der Waals surface area (Å²) in [6.07, 6.45) is 4.74. The van der Waals surface area contributed by atoms with Gasteiger partial charge >= 0.3 is 5.97 Å². The summed E-state index contributed by atoms with van der Waals surface area (Å²) in [5, 5.41) is 3.91. The maximum atomic E-state index is 12.1. The van der Waals surface area contributed by atoms with E-state index in [1.165, 1.54) is 19.3 Å². The highest BCUT2D eigenvalue weighted by atomic mass is 35.5. The van der Waals surface area contributed by atoms with E-state index < -0.39 is 5.97 Å². The molecule has 1 aliphatic carbocycles. The summed E-state index contributed by atoms with van der Waals surface area (Å²) >= 11 is 6.30. The standard InChI is InChI=1S/C16H23ClN2O2/c1-3-21-16(20)12-8-11(18)9-13(17)15(12)19-14-7-5-4-6-10(14)2/h8-10,14,19H,3-7,18H2,1-2H3. The van der Waals surface area contributed by atoms with Crippen LogP contribution in [-0.2, 0) is 4.74 Å². The molecular formula is C16H23ClN2O2. The predicted octanol–water partition coefficient (Wildman–Crippen LogP) is 4.09. The van der Waals surface area contributed by atoms with Crippen LogP contribution < -0.4 is 11.1 Å². The molecule has 21 heavy (non-hydrogen) atoms. The van der Waals surface area contributed by atoms with Crippen molar-refractivity contribution in [1.82, 2.24) is 0 Å². The minimum absolute atomic E-state index is 0.324. The highest BCUT2D eigenvalue weighted by molar-refractivity contribution is 6.34. The maximum Gasteiger partial charge on any atom is 0.340 e. The summed E-state index contributed by atoms with van der Waals surface area (Å²) in [7, 11) is 0. The van der Waals surface area contributed by atoms with Gasteiger partial charge in [-0.15, -0.1) is 0 Å². The number of hydrogen-bond acceptors (Lipinski definition) is 4. The summed E-state index contributed by atoms with van der Waals surface area (Å²) in [4.78, 5) is 12.1. The number of carbonyl (C=O) groups is 1. The van der Waals surface area contributed by atoms with E-state index in [4.69, 9.17) is 22.1 Å². The monoisotopic (exact) mass is 310 g/mol. The third-order valence-corrected chi connectivity index (χ3v) is 4.35. The molecule has 1 saturated carbocycles. The first-order valence-electron chi connectivity index (χ1n) is 7.55. The highest BCUT2D eigenvalue weighted by Crippen LogP contribution is 2.34. The summed E-state index contributed by atoms with van der Waals surface area (Å²) in [6.45, 7) is 4.33. The fraction of sp³-hybridized carbons (Fsp3) is 0.562. The lowest BCUT2D eigenvalue weighted by Crippen LogP contribution is -2.31. The second kappa shape index (κ2) is 7.03. The summed E-state index contributed by atoms with van der Waals surface area (Å²) < 4.78 is 5.10. The van der Waals surface area contributed by atoms with Crippen molar-refractivity contribution >= 4 is 28.9 Å². The van der Waals surface area contributed by atoms with Crippen LogP contribution in [-0.4, -0.2) is 18.6 Å². The van der Waals surface area contributed by atoms with Crippen molar-refractivity contribution < 1.29 is 9.53 Å². The van der Waals surface area contributed by atoms with Crippen molar-refractivity contribution in [3.63, 3.8) is 0 Å². The molecule has 2 atom stereocenters. The van der Waals surface area contributed by atoms with Crippen LogP contribution in [0.25, 0.3) is 0 Å². The Morgan fingerprint density at radius 1 is 1.43 bits per heavy atom. The second-order valence-corrected chi connectivity index (χ2v) is 6.07. The molecule has 1 aromatic carbocycles. The first-order valence-corrected chi connectivity index (χ1v) is 7.93. The van der Waals surface area contributed by atoms with E-state index >= 15 is 0 Å². The van der Waals surface area contributed by atoms with E-state index in [-0.39, 0.29) is 0 Å². The quantitative estimate of drug-likeness (QED) is 0.649. The van der Waals surface area contributed by atoms with E-state index in [2.05, 4.69) is 12.2 Å². The van der Waals surface area contributed by atoms with Crippen molar-refractivity contribution in [3.05, 3.63) is 22.7 Å². The van der Waals surface area contributed by atoms with Gasteiger partial charge in [-0.05, 0) is 37.8 Å². The number of nitrogens with two attached hydrogens (primary N) is 1.